The summed E-state index contributed by atoms with van der Waals surface area (Å²) >= 11 is 0. The third-order valence-electron chi connectivity index (χ3n) is 14.6. The van der Waals surface area contributed by atoms with Crippen molar-refractivity contribution in [3.63, 3.8) is 0 Å². The average molecular weight is 892 g/mol. The predicted octanol–water partition coefficient (Wildman–Crippen LogP) is 17.9. The number of hydrogen-bond donors (Lipinski definition) is 0. The van der Waals surface area contributed by atoms with Crippen LogP contribution in [-0.4, -0.2) is 13.7 Å². The Bertz CT molecular complexity index is 4570. The molecule has 0 unspecified atom stereocenters. The number of fused-ring (bicyclic) bond motifs is 12. The van der Waals surface area contributed by atoms with Gasteiger partial charge < -0.3 is 18.1 Å². The lowest BCUT2D eigenvalue weighted by molar-refractivity contribution is 0.669. The van der Waals surface area contributed by atoms with Gasteiger partial charge >= 0.3 is 0 Å². The zero-order valence-corrected chi connectivity index (χ0v) is 37.9. The van der Waals surface area contributed by atoms with E-state index in [1.807, 2.05) is 0 Å². The van der Waals surface area contributed by atoms with Gasteiger partial charge in [0, 0.05) is 60.2 Å². The molecule has 11 aromatic carbocycles. The number of para-hydroxylation sites is 5. The minimum atomic E-state index is 0.880. The highest BCUT2D eigenvalue weighted by Crippen LogP contribution is 2.43. The van der Waals surface area contributed by atoms with Gasteiger partial charge in [-0.1, -0.05) is 140 Å². The molecule has 0 aliphatic heterocycles. The van der Waals surface area contributed by atoms with Crippen LogP contribution in [0.2, 0.25) is 0 Å². The molecule has 70 heavy (non-hydrogen) atoms. The van der Waals surface area contributed by atoms with Crippen LogP contribution in [0.4, 0.5) is 0 Å². The second-order valence-electron chi connectivity index (χ2n) is 18.5. The minimum Gasteiger partial charge on any atom is -0.456 e. The predicted molar refractivity (Wildman–Crippen MR) is 293 cm³/mol. The highest BCUT2D eigenvalue weighted by atomic mass is 16.3. The number of benzene rings is 11. The topological polar surface area (TPSA) is 27.9 Å². The van der Waals surface area contributed by atoms with Crippen LogP contribution in [0.1, 0.15) is 0 Å². The maximum absolute atomic E-state index is 6.61. The van der Waals surface area contributed by atoms with Crippen molar-refractivity contribution in [3.05, 3.63) is 249 Å². The van der Waals surface area contributed by atoms with Gasteiger partial charge in [0.15, 0.2) is 0 Å². The van der Waals surface area contributed by atoms with Gasteiger partial charge in [-0.05, 0) is 143 Å². The van der Waals surface area contributed by atoms with E-state index in [2.05, 4.69) is 262 Å². The van der Waals surface area contributed by atoms with E-state index in [4.69, 9.17) is 4.42 Å². The number of hydrogen-bond acceptors (Lipinski definition) is 1. The molecule has 4 heteroatoms. The smallest absolute Gasteiger partial charge is 0.136 e. The third kappa shape index (κ3) is 5.77. The standard InChI is InChI=1S/C66H41N3O/c1-4-15-47(16-5-1)67-58-24-12-10-21-51(58)54-38-43(29-33-60(54)67)45-27-32-53-55-37-42(28-34-62(55)69(63(53)41-45)49-19-8-3-9-20-49)44-31-36-64-57(39-44)66-50(23-14-26-65(66)70-64)46-30-35-61-56(40-46)52-22-11-13-25-59(52)68(61)48-17-6-2-7-18-48/h1-41H. The minimum absolute atomic E-state index is 0.880. The summed E-state index contributed by atoms with van der Waals surface area (Å²) in [7, 11) is 0. The summed E-state index contributed by atoms with van der Waals surface area (Å²) in [5.74, 6) is 0. The Morgan fingerprint density at radius 2 is 0.629 bits per heavy atom. The van der Waals surface area contributed by atoms with Gasteiger partial charge in [0.1, 0.15) is 11.2 Å². The first-order chi connectivity index (χ1) is 34.7. The number of furan rings is 1. The highest BCUT2D eigenvalue weighted by molar-refractivity contribution is 6.17. The van der Waals surface area contributed by atoms with Gasteiger partial charge in [0.2, 0.25) is 0 Å². The molecule has 4 nitrogen and oxygen atoms in total. The van der Waals surface area contributed by atoms with Crippen molar-refractivity contribution in [3.8, 4) is 50.4 Å². The second kappa shape index (κ2) is 15.1. The molecule has 0 amide bonds. The number of aromatic nitrogens is 3. The van der Waals surface area contributed by atoms with Gasteiger partial charge in [-0.15, -0.1) is 0 Å². The van der Waals surface area contributed by atoms with Gasteiger partial charge in [-0.25, -0.2) is 0 Å². The molecule has 0 aliphatic rings. The molecule has 15 rings (SSSR count). The van der Waals surface area contributed by atoms with E-state index in [0.717, 1.165) is 61.3 Å². The van der Waals surface area contributed by atoms with E-state index >= 15 is 0 Å². The van der Waals surface area contributed by atoms with Crippen molar-refractivity contribution in [2.75, 3.05) is 0 Å². The van der Waals surface area contributed by atoms with Gasteiger partial charge in [0.05, 0.1) is 33.1 Å². The maximum Gasteiger partial charge on any atom is 0.136 e. The van der Waals surface area contributed by atoms with Crippen molar-refractivity contribution in [2.45, 2.75) is 0 Å². The van der Waals surface area contributed by atoms with Gasteiger partial charge in [0.25, 0.3) is 0 Å². The quantitative estimate of drug-likeness (QED) is 0.163. The fourth-order valence-corrected chi connectivity index (χ4v) is 11.5. The monoisotopic (exact) mass is 891 g/mol. The third-order valence-corrected chi connectivity index (χ3v) is 14.6. The lowest BCUT2D eigenvalue weighted by Crippen LogP contribution is -1.93. The SMILES string of the molecule is c1ccc(-n2c3ccccc3c3cc(-c4ccc5c6cc(-c7ccc8oc9cccc(-c%10ccc%11c(c%10)c%10ccccc%10n%11-c%10ccccc%10)c9c8c7)ccc6n(-c6ccccc6)c5c4)ccc32)cc1. The van der Waals surface area contributed by atoms with Crippen molar-refractivity contribution in [1.82, 2.24) is 13.7 Å². The van der Waals surface area contributed by atoms with E-state index in [1.54, 1.807) is 0 Å². The first kappa shape index (κ1) is 38.7. The molecule has 0 saturated heterocycles. The van der Waals surface area contributed by atoms with Crippen molar-refractivity contribution < 1.29 is 4.42 Å². The number of rotatable bonds is 6. The van der Waals surface area contributed by atoms with E-state index in [1.165, 1.54) is 76.5 Å². The maximum atomic E-state index is 6.61. The highest BCUT2D eigenvalue weighted by Gasteiger charge is 2.20. The summed E-state index contributed by atoms with van der Waals surface area (Å²) in [6.45, 7) is 0. The molecular formula is C66H41N3O. The van der Waals surface area contributed by atoms with Crippen LogP contribution >= 0.6 is 0 Å². The lowest BCUT2D eigenvalue weighted by Gasteiger charge is -2.10. The Hall–Kier alpha value is -9.38. The Kier molecular flexibility index (Phi) is 8.33. The average Bonchev–Trinajstić information content (AvgIpc) is 4.17. The summed E-state index contributed by atoms with van der Waals surface area (Å²) in [5, 5.41) is 9.62. The Morgan fingerprint density at radius 3 is 1.19 bits per heavy atom. The summed E-state index contributed by atoms with van der Waals surface area (Å²) in [5.41, 5.74) is 19.3. The van der Waals surface area contributed by atoms with Gasteiger partial charge in [-0.2, -0.15) is 0 Å². The molecule has 4 heterocycles. The van der Waals surface area contributed by atoms with Crippen LogP contribution in [0.3, 0.4) is 0 Å². The first-order valence-corrected chi connectivity index (χ1v) is 24.0. The van der Waals surface area contributed by atoms with Crippen LogP contribution < -0.4 is 0 Å². The second-order valence-corrected chi connectivity index (χ2v) is 18.5. The molecule has 0 spiro atoms. The van der Waals surface area contributed by atoms with Crippen LogP contribution in [-0.2, 0) is 0 Å². The van der Waals surface area contributed by atoms with Crippen molar-refractivity contribution >= 4 is 87.4 Å². The zero-order valence-electron chi connectivity index (χ0n) is 37.9. The summed E-state index contributed by atoms with van der Waals surface area (Å²) in [6, 6.07) is 90.4. The van der Waals surface area contributed by atoms with E-state index in [0.29, 0.717) is 0 Å². The molecule has 4 aromatic heterocycles. The molecule has 0 aliphatic carbocycles. The van der Waals surface area contributed by atoms with E-state index in [-0.39, 0.29) is 0 Å². The first-order valence-electron chi connectivity index (χ1n) is 24.0. The van der Waals surface area contributed by atoms with Crippen LogP contribution in [0.25, 0.3) is 138 Å². The van der Waals surface area contributed by atoms with Crippen molar-refractivity contribution in [1.29, 1.82) is 0 Å². The number of nitrogens with zero attached hydrogens (tertiary/aromatic N) is 3. The molecule has 326 valence electrons. The summed E-state index contributed by atoms with van der Waals surface area (Å²) < 4.78 is 13.8. The normalized spacial score (nSPS) is 12.0. The molecule has 0 fully saturated rings. The molecule has 0 radical (unpaired) electrons. The van der Waals surface area contributed by atoms with E-state index in [9.17, 15) is 0 Å². The van der Waals surface area contributed by atoms with E-state index < -0.39 is 0 Å². The van der Waals surface area contributed by atoms with Crippen LogP contribution in [0, 0.1) is 0 Å². The van der Waals surface area contributed by atoms with Crippen LogP contribution in [0.5, 0.6) is 0 Å². The van der Waals surface area contributed by atoms with Gasteiger partial charge in [-0.3, -0.25) is 0 Å². The molecule has 0 atom stereocenters. The Balaban J connectivity index is 0.869. The lowest BCUT2D eigenvalue weighted by atomic mass is 9.96. The molecular weight excluding hydrogens is 851 g/mol. The van der Waals surface area contributed by atoms with Crippen molar-refractivity contribution in [2.24, 2.45) is 0 Å². The fraction of sp³-hybridized carbons (Fsp3) is 0. The largest absolute Gasteiger partial charge is 0.456 e. The molecule has 15 aromatic rings. The summed E-state index contributed by atoms with van der Waals surface area (Å²) in [6.07, 6.45) is 0. The van der Waals surface area contributed by atoms with Crippen LogP contribution in [0.15, 0.2) is 253 Å². The molecule has 0 saturated carbocycles. The fourth-order valence-electron chi connectivity index (χ4n) is 11.5. The Labute approximate surface area is 402 Å². The molecule has 0 bridgehead atoms. The summed E-state index contributed by atoms with van der Waals surface area (Å²) in [4.78, 5) is 0. The molecule has 0 N–H and O–H groups in total. The zero-order chi connectivity index (χ0) is 45.9. The Morgan fingerprint density at radius 1 is 0.229 bits per heavy atom.